The van der Waals surface area contributed by atoms with Crippen LogP contribution in [0.4, 0.5) is 4.39 Å². The highest BCUT2D eigenvalue weighted by Gasteiger charge is 2.47. The van der Waals surface area contributed by atoms with Crippen LogP contribution in [0.5, 0.6) is 0 Å². The number of thiophene rings is 1. The fourth-order valence-corrected chi connectivity index (χ4v) is 4.36. The molecule has 29 heavy (non-hydrogen) atoms. The Morgan fingerprint density at radius 2 is 1.79 bits per heavy atom. The summed E-state index contributed by atoms with van der Waals surface area (Å²) in [7, 11) is 0. The molecule has 0 bridgehead atoms. The van der Waals surface area contributed by atoms with Crippen molar-refractivity contribution in [2.24, 2.45) is 0 Å². The van der Waals surface area contributed by atoms with Crippen LogP contribution in [0.15, 0.2) is 76.1 Å². The molecule has 1 aliphatic heterocycles. The summed E-state index contributed by atoms with van der Waals surface area (Å²) >= 11 is 4.76. The van der Waals surface area contributed by atoms with E-state index in [4.69, 9.17) is 0 Å². The van der Waals surface area contributed by atoms with Gasteiger partial charge in [-0.25, -0.2) is 4.39 Å². The third-order valence-corrected chi connectivity index (χ3v) is 6.15. The number of hydrogen-bond acceptors (Lipinski definition) is 4. The number of nitrogens with zero attached hydrogens (tertiary/aromatic N) is 1. The van der Waals surface area contributed by atoms with Gasteiger partial charge in [0, 0.05) is 20.5 Å². The molecule has 4 nitrogen and oxygen atoms in total. The van der Waals surface area contributed by atoms with Crippen LogP contribution in [0.3, 0.4) is 0 Å². The van der Waals surface area contributed by atoms with Crippen molar-refractivity contribution < 1.29 is 19.1 Å². The normalized spacial score (nSPS) is 18.4. The smallest absolute Gasteiger partial charge is 0.295 e. The lowest BCUT2D eigenvalue weighted by Gasteiger charge is -2.25. The summed E-state index contributed by atoms with van der Waals surface area (Å²) in [5, 5.41) is 12.8. The molecule has 146 valence electrons. The van der Waals surface area contributed by atoms with Gasteiger partial charge >= 0.3 is 0 Å². The van der Waals surface area contributed by atoms with E-state index in [1.165, 1.54) is 28.4 Å². The zero-order valence-electron chi connectivity index (χ0n) is 15.0. The monoisotopic (exact) mass is 471 g/mol. The van der Waals surface area contributed by atoms with Gasteiger partial charge in [0.2, 0.25) is 0 Å². The molecule has 4 rings (SSSR count). The summed E-state index contributed by atoms with van der Waals surface area (Å²) in [6.07, 6.45) is 0. The Kier molecular flexibility index (Phi) is 5.34. The lowest BCUT2D eigenvalue weighted by Crippen LogP contribution is -2.29. The molecule has 1 fully saturated rings. The fraction of sp³-hybridized carbons (Fsp3) is 0.0909. The molecule has 7 heteroatoms. The third kappa shape index (κ3) is 3.63. The summed E-state index contributed by atoms with van der Waals surface area (Å²) in [4.78, 5) is 27.9. The van der Waals surface area contributed by atoms with Crippen molar-refractivity contribution in [3.05, 3.63) is 97.9 Å². The molecule has 0 aliphatic carbocycles. The topological polar surface area (TPSA) is 57.6 Å². The van der Waals surface area contributed by atoms with E-state index < -0.39 is 23.5 Å². The third-order valence-electron chi connectivity index (χ3n) is 4.76. The van der Waals surface area contributed by atoms with Crippen molar-refractivity contribution >= 4 is 44.7 Å². The van der Waals surface area contributed by atoms with E-state index in [1.54, 1.807) is 36.4 Å². The molecule has 0 spiro atoms. The van der Waals surface area contributed by atoms with Crippen LogP contribution in [-0.4, -0.2) is 21.7 Å². The standard InChI is InChI=1S/C22H15BrFNO3S/c23-14-9-7-13(8-10-14)20(26)18-19(16-5-1-2-6-17(16)24)25(22(28)21(18)27)12-15-4-3-11-29-15/h1-11,19,26H,12H2/b20-18-. The lowest BCUT2D eigenvalue weighted by molar-refractivity contribution is -0.140. The number of carbonyl (C=O) groups is 2. The first-order valence-electron chi connectivity index (χ1n) is 8.78. The molecular weight excluding hydrogens is 457 g/mol. The predicted molar refractivity (Wildman–Crippen MR) is 113 cm³/mol. The molecule has 2 aromatic carbocycles. The minimum atomic E-state index is -1.01. The molecule has 3 aromatic rings. The van der Waals surface area contributed by atoms with Crippen molar-refractivity contribution in [1.82, 2.24) is 4.90 Å². The largest absolute Gasteiger partial charge is 0.507 e. The van der Waals surface area contributed by atoms with Crippen LogP contribution in [0.25, 0.3) is 5.76 Å². The zero-order valence-corrected chi connectivity index (χ0v) is 17.4. The number of aliphatic hydroxyl groups excluding tert-OH is 1. The van der Waals surface area contributed by atoms with E-state index in [0.717, 1.165) is 9.35 Å². The van der Waals surface area contributed by atoms with E-state index >= 15 is 0 Å². The van der Waals surface area contributed by atoms with Gasteiger partial charge in [-0.05, 0) is 29.6 Å². The predicted octanol–water partition coefficient (Wildman–Crippen LogP) is 5.27. The highest BCUT2D eigenvalue weighted by molar-refractivity contribution is 9.10. The first kappa shape index (κ1) is 19.5. The Balaban J connectivity index is 1.89. The molecule has 1 N–H and O–H groups in total. The van der Waals surface area contributed by atoms with Crippen LogP contribution >= 0.6 is 27.3 Å². The van der Waals surface area contributed by atoms with Gasteiger partial charge in [0.1, 0.15) is 11.6 Å². The first-order chi connectivity index (χ1) is 14.0. The van der Waals surface area contributed by atoms with Gasteiger partial charge in [0.05, 0.1) is 18.2 Å². The van der Waals surface area contributed by atoms with Crippen LogP contribution in [0, 0.1) is 5.82 Å². The second kappa shape index (κ2) is 7.93. The van der Waals surface area contributed by atoms with E-state index in [2.05, 4.69) is 15.9 Å². The molecule has 1 atom stereocenters. The van der Waals surface area contributed by atoms with Crippen molar-refractivity contribution in [2.75, 3.05) is 0 Å². The first-order valence-corrected chi connectivity index (χ1v) is 10.5. The number of hydrogen-bond donors (Lipinski definition) is 1. The lowest BCUT2D eigenvalue weighted by atomic mass is 9.95. The number of ketones is 1. The summed E-state index contributed by atoms with van der Waals surface area (Å²) in [5.41, 5.74) is 0.435. The van der Waals surface area contributed by atoms with Crippen LogP contribution in [0.1, 0.15) is 22.0 Å². The quantitative estimate of drug-likeness (QED) is 0.320. The molecule has 1 saturated heterocycles. The van der Waals surface area contributed by atoms with Gasteiger partial charge in [0.15, 0.2) is 0 Å². The van der Waals surface area contributed by atoms with Gasteiger partial charge in [0.25, 0.3) is 11.7 Å². The average molecular weight is 472 g/mol. The molecular formula is C22H15BrFNO3S. The number of Topliss-reactive ketones (excluding diaryl/α,β-unsaturated/α-hetero) is 1. The van der Waals surface area contributed by atoms with Crippen molar-refractivity contribution in [3.8, 4) is 0 Å². The van der Waals surface area contributed by atoms with E-state index in [-0.39, 0.29) is 23.4 Å². The number of aliphatic hydroxyl groups is 1. The SMILES string of the molecule is O=C1C(=O)N(Cc2cccs2)C(c2ccccc2F)/C1=C(/O)c1ccc(Br)cc1. The average Bonchev–Trinajstić information content (AvgIpc) is 3.31. The van der Waals surface area contributed by atoms with E-state index in [0.29, 0.717) is 5.56 Å². The van der Waals surface area contributed by atoms with Gasteiger partial charge in [-0.3, -0.25) is 9.59 Å². The summed E-state index contributed by atoms with van der Waals surface area (Å²) < 4.78 is 15.5. The summed E-state index contributed by atoms with van der Waals surface area (Å²) in [6, 6.07) is 15.4. The number of benzene rings is 2. The van der Waals surface area contributed by atoms with Crippen LogP contribution < -0.4 is 0 Å². The van der Waals surface area contributed by atoms with Gasteiger partial charge in [-0.1, -0.05) is 52.3 Å². The maximum absolute atomic E-state index is 14.7. The highest BCUT2D eigenvalue weighted by Crippen LogP contribution is 2.41. The molecule has 0 radical (unpaired) electrons. The Hall–Kier alpha value is -2.77. The Labute approximate surface area is 179 Å². The summed E-state index contributed by atoms with van der Waals surface area (Å²) in [6.45, 7) is 0.151. The van der Waals surface area contributed by atoms with E-state index in [9.17, 15) is 19.1 Å². The molecule has 1 unspecified atom stereocenters. The number of carbonyl (C=O) groups excluding carboxylic acids is 2. The second-order valence-electron chi connectivity index (χ2n) is 6.53. The Bertz CT molecular complexity index is 1110. The van der Waals surface area contributed by atoms with Crippen molar-refractivity contribution in [2.45, 2.75) is 12.6 Å². The van der Waals surface area contributed by atoms with Crippen molar-refractivity contribution in [1.29, 1.82) is 0 Å². The maximum Gasteiger partial charge on any atom is 0.295 e. The number of likely N-dealkylation sites (tertiary alicyclic amines) is 1. The number of amides is 1. The molecule has 1 aliphatic rings. The minimum Gasteiger partial charge on any atom is -0.507 e. The zero-order chi connectivity index (χ0) is 20.5. The van der Waals surface area contributed by atoms with Gasteiger partial charge < -0.3 is 10.0 Å². The Morgan fingerprint density at radius 1 is 1.07 bits per heavy atom. The van der Waals surface area contributed by atoms with Gasteiger partial charge in [-0.2, -0.15) is 0 Å². The van der Waals surface area contributed by atoms with Crippen molar-refractivity contribution in [3.63, 3.8) is 0 Å². The molecule has 1 amide bonds. The fourth-order valence-electron chi connectivity index (χ4n) is 3.40. The Morgan fingerprint density at radius 3 is 2.45 bits per heavy atom. The highest BCUT2D eigenvalue weighted by atomic mass is 79.9. The van der Waals surface area contributed by atoms with Crippen LogP contribution in [-0.2, 0) is 16.1 Å². The molecule has 1 aromatic heterocycles. The van der Waals surface area contributed by atoms with Crippen LogP contribution in [0.2, 0.25) is 0 Å². The number of halogens is 2. The summed E-state index contributed by atoms with van der Waals surface area (Å²) in [5.74, 6) is -2.45. The minimum absolute atomic E-state index is 0.112. The maximum atomic E-state index is 14.7. The second-order valence-corrected chi connectivity index (χ2v) is 8.48. The number of rotatable bonds is 4. The van der Waals surface area contributed by atoms with E-state index in [1.807, 2.05) is 17.5 Å². The molecule has 0 saturated carbocycles. The van der Waals surface area contributed by atoms with Gasteiger partial charge in [-0.15, -0.1) is 11.3 Å². The molecule has 2 heterocycles.